The highest BCUT2D eigenvalue weighted by atomic mass is 16.5. The number of methoxy groups -OCH3 is 1. The summed E-state index contributed by atoms with van der Waals surface area (Å²) in [5.41, 5.74) is 1.26. The minimum absolute atomic E-state index is 0.711. The molecule has 1 aliphatic carbocycles. The predicted molar refractivity (Wildman–Crippen MR) is 80.7 cm³/mol. The first-order chi connectivity index (χ1) is 9.72. The Hall–Kier alpha value is -1.10. The summed E-state index contributed by atoms with van der Waals surface area (Å²) in [6, 6.07) is 2.89. The Kier molecular flexibility index (Phi) is 5.83. The van der Waals surface area contributed by atoms with Crippen LogP contribution in [-0.4, -0.2) is 37.7 Å². The van der Waals surface area contributed by atoms with E-state index in [1.165, 1.54) is 18.4 Å². The van der Waals surface area contributed by atoms with Gasteiger partial charge in [0.1, 0.15) is 11.5 Å². The van der Waals surface area contributed by atoms with E-state index in [-0.39, 0.29) is 0 Å². The van der Waals surface area contributed by atoms with Crippen molar-refractivity contribution in [1.29, 1.82) is 0 Å². The lowest BCUT2D eigenvalue weighted by Gasteiger charge is -2.19. The van der Waals surface area contributed by atoms with Crippen molar-refractivity contribution in [3.8, 4) is 0 Å². The highest BCUT2D eigenvalue weighted by Gasteiger charge is 2.21. The Labute approximate surface area is 121 Å². The average molecular weight is 278 g/mol. The Morgan fingerprint density at radius 2 is 2.35 bits per heavy atom. The quantitative estimate of drug-likeness (QED) is 0.667. The van der Waals surface area contributed by atoms with Crippen LogP contribution in [0.2, 0.25) is 0 Å². The summed E-state index contributed by atoms with van der Waals surface area (Å²) in [6.07, 6.45) is 4.54. The maximum atomic E-state index is 5.83. The molecule has 0 amide bonds. The largest absolute Gasteiger partial charge is 0.465 e. The van der Waals surface area contributed by atoms with Crippen molar-refractivity contribution in [1.82, 2.24) is 10.2 Å². The van der Waals surface area contributed by atoms with Crippen LogP contribution in [0.5, 0.6) is 0 Å². The molecule has 1 fully saturated rings. The number of hydrogen-bond acceptors (Lipinski definition) is 4. The van der Waals surface area contributed by atoms with Crippen molar-refractivity contribution >= 4 is 0 Å². The summed E-state index contributed by atoms with van der Waals surface area (Å²) in [7, 11) is 1.73. The molecule has 4 heteroatoms. The molecule has 1 aromatic rings. The van der Waals surface area contributed by atoms with Crippen molar-refractivity contribution in [2.75, 3.05) is 26.8 Å². The lowest BCUT2D eigenvalue weighted by molar-refractivity contribution is 0.151. The van der Waals surface area contributed by atoms with Crippen LogP contribution in [0.3, 0.4) is 0 Å². The fourth-order valence-electron chi connectivity index (χ4n) is 2.24. The second-order valence-electron chi connectivity index (χ2n) is 5.47. The first-order valence-electron chi connectivity index (χ1n) is 7.36. The Bertz CT molecular complexity index is 424. The molecule has 0 radical (unpaired) electrons. The number of hydrogen-bond donors (Lipinski definition) is 1. The van der Waals surface area contributed by atoms with Crippen LogP contribution in [-0.2, 0) is 17.8 Å². The molecule has 2 rings (SSSR count). The van der Waals surface area contributed by atoms with Gasteiger partial charge in [0.05, 0.1) is 13.2 Å². The normalized spacial score (nSPS) is 14.9. The fraction of sp³-hybridized carbons (Fsp3) is 0.625. The molecule has 112 valence electrons. The van der Waals surface area contributed by atoms with E-state index in [1.807, 2.05) is 13.0 Å². The van der Waals surface area contributed by atoms with Gasteiger partial charge < -0.3 is 14.5 Å². The summed E-state index contributed by atoms with van der Waals surface area (Å²) in [5.74, 6) is 2.05. The average Bonchev–Trinajstić information content (AvgIpc) is 3.19. The van der Waals surface area contributed by atoms with E-state index < -0.39 is 0 Å². The minimum atomic E-state index is 0.711. The van der Waals surface area contributed by atoms with Crippen LogP contribution < -0.4 is 5.32 Å². The smallest absolute Gasteiger partial charge is 0.118 e. The zero-order valence-corrected chi connectivity index (χ0v) is 12.7. The number of furan rings is 1. The summed E-state index contributed by atoms with van der Waals surface area (Å²) < 4.78 is 11.0. The molecule has 4 nitrogen and oxygen atoms in total. The molecule has 1 saturated carbocycles. The van der Waals surface area contributed by atoms with Crippen molar-refractivity contribution in [3.05, 3.63) is 35.8 Å². The van der Waals surface area contributed by atoms with E-state index in [0.717, 1.165) is 44.3 Å². The lowest BCUT2D eigenvalue weighted by Crippen LogP contribution is -2.27. The van der Waals surface area contributed by atoms with Gasteiger partial charge >= 0.3 is 0 Å². The Morgan fingerprint density at radius 3 is 3.00 bits per heavy atom. The van der Waals surface area contributed by atoms with Gasteiger partial charge in [0.2, 0.25) is 0 Å². The second-order valence-corrected chi connectivity index (χ2v) is 5.47. The molecule has 0 atom stereocenters. The van der Waals surface area contributed by atoms with E-state index in [2.05, 4.69) is 22.9 Å². The third kappa shape index (κ3) is 4.78. The number of nitrogens with zero attached hydrogens (tertiary/aromatic N) is 1. The molecular formula is C16H26N2O2. The summed E-state index contributed by atoms with van der Waals surface area (Å²) in [6.45, 7) is 10.1. The second kappa shape index (κ2) is 7.62. The molecule has 1 heterocycles. The molecule has 0 unspecified atom stereocenters. The Balaban J connectivity index is 1.89. The highest BCUT2D eigenvalue weighted by molar-refractivity contribution is 5.21. The molecule has 1 aromatic heterocycles. The van der Waals surface area contributed by atoms with Crippen LogP contribution >= 0.6 is 0 Å². The fourth-order valence-corrected chi connectivity index (χ4v) is 2.24. The van der Waals surface area contributed by atoms with Crippen molar-refractivity contribution < 1.29 is 9.15 Å². The zero-order chi connectivity index (χ0) is 14.4. The molecule has 0 aliphatic heterocycles. The first kappa shape index (κ1) is 15.3. The number of ether oxygens (including phenoxy) is 1. The topological polar surface area (TPSA) is 37.6 Å². The molecular weight excluding hydrogens is 252 g/mol. The van der Waals surface area contributed by atoms with Crippen molar-refractivity contribution in [2.24, 2.45) is 0 Å². The standard InChI is InChI=1S/C16H26N2O2/c1-4-7-18(8-9-19-3)12-14-10-16(20-13(14)2)11-17-15-5-6-15/h4,10,15,17H,1,5-9,11-12H2,2-3H3. The zero-order valence-electron chi connectivity index (χ0n) is 12.7. The maximum absolute atomic E-state index is 5.83. The molecule has 0 bridgehead atoms. The van der Waals surface area contributed by atoms with Gasteiger partial charge in [-0.05, 0) is 25.8 Å². The first-order valence-corrected chi connectivity index (χ1v) is 7.36. The molecule has 0 saturated heterocycles. The molecule has 0 spiro atoms. The predicted octanol–water partition coefficient (Wildman–Crippen LogP) is 2.47. The van der Waals surface area contributed by atoms with Gasteiger partial charge in [-0.15, -0.1) is 6.58 Å². The third-order valence-corrected chi connectivity index (χ3v) is 3.61. The van der Waals surface area contributed by atoms with Gasteiger partial charge in [0.25, 0.3) is 0 Å². The Morgan fingerprint density at radius 1 is 1.55 bits per heavy atom. The van der Waals surface area contributed by atoms with Gasteiger partial charge in [-0.3, -0.25) is 4.90 Å². The van der Waals surface area contributed by atoms with Crippen LogP contribution in [0.25, 0.3) is 0 Å². The highest BCUT2D eigenvalue weighted by Crippen LogP contribution is 2.21. The van der Waals surface area contributed by atoms with Gasteiger partial charge in [-0.2, -0.15) is 0 Å². The van der Waals surface area contributed by atoms with E-state index in [0.29, 0.717) is 6.04 Å². The van der Waals surface area contributed by atoms with Gasteiger partial charge in [-0.25, -0.2) is 0 Å². The SMILES string of the molecule is C=CCN(CCOC)Cc1cc(CNC2CC2)oc1C. The van der Waals surface area contributed by atoms with E-state index >= 15 is 0 Å². The summed E-state index contributed by atoms with van der Waals surface area (Å²) in [5, 5.41) is 3.48. The third-order valence-electron chi connectivity index (χ3n) is 3.61. The van der Waals surface area contributed by atoms with Crippen LogP contribution in [0.1, 0.15) is 29.9 Å². The molecule has 1 aliphatic rings. The van der Waals surface area contributed by atoms with E-state index in [4.69, 9.17) is 9.15 Å². The van der Waals surface area contributed by atoms with Crippen LogP contribution in [0.4, 0.5) is 0 Å². The molecule has 20 heavy (non-hydrogen) atoms. The van der Waals surface area contributed by atoms with Gasteiger partial charge in [0, 0.05) is 38.3 Å². The maximum Gasteiger partial charge on any atom is 0.118 e. The number of aryl methyl sites for hydroxylation is 1. The monoisotopic (exact) mass is 278 g/mol. The van der Waals surface area contributed by atoms with Gasteiger partial charge in [-0.1, -0.05) is 6.08 Å². The molecule has 0 aromatic carbocycles. The van der Waals surface area contributed by atoms with Crippen molar-refractivity contribution in [2.45, 2.75) is 38.9 Å². The van der Waals surface area contributed by atoms with Crippen LogP contribution in [0, 0.1) is 6.92 Å². The number of rotatable bonds is 10. The summed E-state index contributed by atoms with van der Waals surface area (Å²) in [4.78, 5) is 2.31. The van der Waals surface area contributed by atoms with Crippen LogP contribution in [0.15, 0.2) is 23.1 Å². The lowest BCUT2D eigenvalue weighted by atomic mass is 10.2. The van der Waals surface area contributed by atoms with Gasteiger partial charge in [0.15, 0.2) is 0 Å². The number of nitrogens with one attached hydrogen (secondary N) is 1. The van der Waals surface area contributed by atoms with E-state index in [1.54, 1.807) is 7.11 Å². The summed E-state index contributed by atoms with van der Waals surface area (Å²) >= 11 is 0. The van der Waals surface area contributed by atoms with E-state index in [9.17, 15) is 0 Å². The van der Waals surface area contributed by atoms with Crippen molar-refractivity contribution in [3.63, 3.8) is 0 Å². The molecule has 1 N–H and O–H groups in total. The minimum Gasteiger partial charge on any atom is -0.465 e.